The second kappa shape index (κ2) is 6.40. The van der Waals surface area contributed by atoms with Gasteiger partial charge in [0.1, 0.15) is 0 Å². The summed E-state index contributed by atoms with van der Waals surface area (Å²) in [7, 11) is 0. The first-order valence-electron chi connectivity index (χ1n) is 5.83. The van der Waals surface area contributed by atoms with Crippen molar-refractivity contribution in [3.05, 3.63) is 73.8 Å². The summed E-state index contributed by atoms with van der Waals surface area (Å²) in [5.74, 6) is 0. The van der Waals surface area contributed by atoms with Crippen LogP contribution in [0, 0.1) is 21.4 Å². The number of rotatable bonds is 3. The fourth-order valence-corrected chi connectivity index (χ4v) is 2.08. The molecule has 2 rings (SSSR count). The zero-order chi connectivity index (χ0) is 15.4. The predicted octanol–water partition coefficient (Wildman–Crippen LogP) is 4.97. The number of nitrogens with zero attached hydrogens (tertiary/aromatic N) is 2. The highest BCUT2D eigenvalue weighted by Gasteiger charge is 2.13. The summed E-state index contributed by atoms with van der Waals surface area (Å²) in [4.78, 5) is 10.5. The van der Waals surface area contributed by atoms with Gasteiger partial charge in [-0.15, -0.1) is 0 Å². The SMILES string of the molecule is N#C/C(=C\c1cc(Cl)ccc1[N+](=O)[O-])c1ccc(Cl)cc1. The molecule has 21 heavy (non-hydrogen) atoms. The Bertz CT molecular complexity index is 762. The maximum absolute atomic E-state index is 11.0. The third-order valence-corrected chi connectivity index (χ3v) is 3.25. The van der Waals surface area contributed by atoms with Gasteiger partial charge in [0.25, 0.3) is 5.69 Å². The first kappa shape index (κ1) is 15.0. The highest BCUT2D eigenvalue weighted by molar-refractivity contribution is 6.31. The Morgan fingerprint density at radius 1 is 1.14 bits per heavy atom. The van der Waals surface area contributed by atoms with Crippen molar-refractivity contribution >= 4 is 40.5 Å². The second-order valence-corrected chi connectivity index (χ2v) is 5.01. The van der Waals surface area contributed by atoms with E-state index >= 15 is 0 Å². The van der Waals surface area contributed by atoms with E-state index in [-0.39, 0.29) is 16.8 Å². The molecule has 4 nitrogen and oxygen atoms in total. The average molecular weight is 319 g/mol. The maximum Gasteiger partial charge on any atom is 0.276 e. The number of hydrogen-bond acceptors (Lipinski definition) is 3. The highest BCUT2D eigenvalue weighted by atomic mass is 35.5. The van der Waals surface area contributed by atoms with Crippen molar-refractivity contribution in [2.75, 3.05) is 0 Å². The van der Waals surface area contributed by atoms with E-state index < -0.39 is 4.92 Å². The Hall–Kier alpha value is -2.35. The molecule has 0 heterocycles. The topological polar surface area (TPSA) is 66.9 Å². The van der Waals surface area contributed by atoms with E-state index in [1.165, 1.54) is 24.3 Å². The Kier molecular flexibility index (Phi) is 4.59. The number of nitro groups is 1. The van der Waals surface area contributed by atoms with E-state index in [9.17, 15) is 15.4 Å². The third kappa shape index (κ3) is 3.60. The van der Waals surface area contributed by atoms with Gasteiger partial charge in [-0.1, -0.05) is 35.3 Å². The van der Waals surface area contributed by atoms with Crippen molar-refractivity contribution in [1.29, 1.82) is 5.26 Å². The smallest absolute Gasteiger partial charge is 0.258 e. The van der Waals surface area contributed by atoms with Crippen LogP contribution < -0.4 is 0 Å². The zero-order valence-electron chi connectivity index (χ0n) is 10.6. The van der Waals surface area contributed by atoms with Crippen molar-refractivity contribution in [2.24, 2.45) is 0 Å². The van der Waals surface area contributed by atoms with E-state index in [0.29, 0.717) is 15.6 Å². The molecule has 2 aromatic carbocycles. The van der Waals surface area contributed by atoms with Gasteiger partial charge in [0.05, 0.1) is 22.1 Å². The van der Waals surface area contributed by atoms with Gasteiger partial charge in [0, 0.05) is 16.1 Å². The number of hydrogen-bond donors (Lipinski definition) is 0. The van der Waals surface area contributed by atoms with Crippen molar-refractivity contribution < 1.29 is 4.92 Å². The number of nitro benzene ring substituents is 1. The summed E-state index contributed by atoms with van der Waals surface area (Å²) in [6.45, 7) is 0. The number of nitriles is 1. The molecule has 0 fully saturated rings. The lowest BCUT2D eigenvalue weighted by molar-refractivity contribution is -0.385. The van der Waals surface area contributed by atoms with Crippen LogP contribution in [0.5, 0.6) is 0 Å². The molecule has 0 saturated heterocycles. The van der Waals surface area contributed by atoms with Crippen LogP contribution >= 0.6 is 23.2 Å². The minimum Gasteiger partial charge on any atom is -0.258 e. The normalized spacial score (nSPS) is 11.0. The first-order chi connectivity index (χ1) is 10.0. The molecule has 0 amide bonds. The number of allylic oxidation sites excluding steroid dienone is 1. The van der Waals surface area contributed by atoms with Crippen LogP contribution in [0.1, 0.15) is 11.1 Å². The molecule has 0 saturated carbocycles. The summed E-state index contributed by atoms with van der Waals surface area (Å²) in [5, 5.41) is 21.2. The molecule has 0 aliphatic rings. The molecule has 0 unspecified atom stereocenters. The molecule has 0 spiro atoms. The molecular weight excluding hydrogens is 311 g/mol. The lowest BCUT2D eigenvalue weighted by atomic mass is 10.0. The summed E-state index contributed by atoms with van der Waals surface area (Å²) in [5.41, 5.74) is 1.08. The van der Waals surface area contributed by atoms with Crippen LogP contribution in [0.4, 0.5) is 5.69 Å². The molecule has 0 aromatic heterocycles. The Morgan fingerprint density at radius 2 is 1.76 bits per heavy atom. The lowest BCUT2D eigenvalue weighted by Crippen LogP contribution is -1.92. The molecule has 0 aliphatic carbocycles. The van der Waals surface area contributed by atoms with Crippen molar-refractivity contribution in [3.8, 4) is 6.07 Å². The predicted molar refractivity (Wildman–Crippen MR) is 83.0 cm³/mol. The number of halogens is 2. The van der Waals surface area contributed by atoms with Crippen LogP contribution in [0.3, 0.4) is 0 Å². The molecule has 0 radical (unpaired) electrons. The van der Waals surface area contributed by atoms with E-state index in [2.05, 4.69) is 0 Å². The molecule has 0 bridgehead atoms. The van der Waals surface area contributed by atoms with Gasteiger partial charge in [-0.05, 0) is 35.9 Å². The Labute approximate surface area is 131 Å². The van der Waals surface area contributed by atoms with Crippen LogP contribution in [-0.4, -0.2) is 4.92 Å². The molecule has 0 N–H and O–H groups in total. The van der Waals surface area contributed by atoms with Crippen molar-refractivity contribution in [3.63, 3.8) is 0 Å². The average Bonchev–Trinajstić information content (AvgIpc) is 2.45. The van der Waals surface area contributed by atoms with Gasteiger partial charge in [-0.3, -0.25) is 10.1 Å². The monoisotopic (exact) mass is 318 g/mol. The minimum absolute atomic E-state index is 0.110. The minimum atomic E-state index is -0.515. The van der Waals surface area contributed by atoms with Gasteiger partial charge in [0.15, 0.2) is 0 Å². The van der Waals surface area contributed by atoms with Gasteiger partial charge in [0.2, 0.25) is 0 Å². The van der Waals surface area contributed by atoms with Crippen LogP contribution in [0.25, 0.3) is 11.6 Å². The fraction of sp³-hybridized carbons (Fsp3) is 0. The lowest BCUT2D eigenvalue weighted by Gasteiger charge is -2.02. The van der Waals surface area contributed by atoms with Crippen molar-refractivity contribution in [2.45, 2.75) is 0 Å². The molecule has 0 atom stereocenters. The standard InChI is InChI=1S/C15H8Cl2N2O2/c16-13-3-1-10(2-4-13)12(9-18)7-11-8-14(17)5-6-15(11)19(20)21/h1-8H/b12-7+. The first-order valence-corrected chi connectivity index (χ1v) is 6.58. The van der Waals surface area contributed by atoms with E-state index in [4.69, 9.17) is 23.2 Å². The Morgan fingerprint density at radius 3 is 2.33 bits per heavy atom. The van der Waals surface area contributed by atoms with Crippen LogP contribution in [0.15, 0.2) is 42.5 Å². The van der Waals surface area contributed by atoms with Gasteiger partial charge in [-0.2, -0.15) is 5.26 Å². The largest absolute Gasteiger partial charge is 0.276 e. The zero-order valence-corrected chi connectivity index (χ0v) is 12.1. The highest BCUT2D eigenvalue weighted by Crippen LogP contribution is 2.27. The molecular formula is C15H8Cl2N2O2. The summed E-state index contributed by atoms with van der Waals surface area (Å²) in [6.07, 6.45) is 1.44. The molecule has 2 aromatic rings. The van der Waals surface area contributed by atoms with Crippen LogP contribution in [-0.2, 0) is 0 Å². The summed E-state index contributed by atoms with van der Waals surface area (Å²) >= 11 is 11.7. The maximum atomic E-state index is 11.0. The van der Waals surface area contributed by atoms with Gasteiger partial charge in [-0.25, -0.2) is 0 Å². The van der Waals surface area contributed by atoms with E-state index in [0.717, 1.165) is 0 Å². The van der Waals surface area contributed by atoms with Crippen LogP contribution in [0.2, 0.25) is 10.0 Å². The summed E-state index contributed by atoms with van der Waals surface area (Å²) in [6, 6.07) is 12.9. The van der Waals surface area contributed by atoms with E-state index in [1.807, 2.05) is 6.07 Å². The van der Waals surface area contributed by atoms with E-state index in [1.54, 1.807) is 24.3 Å². The van der Waals surface area contributed by atoms with Gasteiger partial charge >= 0.3 is 0 Å². The van der Waals surface area contributed by atoms with Crippen molar-refractivity contribution in [1.82, 2.24) is 0 Å². The fourth-order valence-electron chi connectivity index (χ4n) is 1.77. The Balaban J connectivity index is 2.55. The number of benzene rings is 2. The summed E-state index contributed by atoms with van der Waals surface area (Å²) < 4.78 is 0. The molecule has 0 aliphatic heterocycles. The molecule has 6 heteroatoms. The quantitative estimate of drug-likeness (QED) is 0.347. The molecule has 104 valence electrons. The second-order valence-electron chi connectivity index (χ2n) is 4.14. The third-order valence-electron chi connectivity index (χ3n) is 2.76. The van der Waals surface area contributed by atoms with Gasteiger partial charge < -0.3 is 0 Å².